The van der Waals surface area contributed by atoms with Crippen LogP contribution in [0.3, 0.4) is 0 Å². The van der Waals surface area contributed by atoms with Crippen molar-refractivity contribution >= 4 is 0 Å². The standard InChI is InChI=1S/C7H11F6NO/c8-6(9,10)3-5(14)1-2-15-4-7(11,12)13/h5H,1-4,14H2. The average Bonchev–Trinajstić information content (AvgIpc) is 1.92. The predicted octanol–water partition coefficient (Wildman–Crippen LogP) is 2.24. The third-order valence-corrected chi connectivity index (χ3v) is 1.39. The van der Waals surface area contributed by atoms with E-state index >= 15 is 0 Å². The summed E-state index contributed by atoms with van der Waals surface area (Å²) in [6.45, 7) is -1.90. The Labute approximate surface area is 82.4 Å². The second kappa shape index (κ2) is 5.55. The molecular weight excluding hydrogens is 228 g/mol. The number of halogens is 6. The molecule has 1 unspecified atom stereocenters. The highest BCUT2D eigenvalue weighted by atomic mass is 19.4. The lowest BCUT2D eigenvalue weighted by Crippen LogP contribution is -2.29. The summed E-state index contributed by atoms with van der Waals surface area (Å²) in [6, 6.07) is -1.22. The molecule has 0 amide bonds. The van der Waals surface area contributed by atoms with Gasteiger partial charge in [0, 0.05) is 12.6 Å². The topological polar surface area (TPSA) is 35.2 Å². The van der Waals surface area contributed by atoms with Crippen molar-refractivity contribution in [3.05, 3.63) is 0 Å². The van der Waals surface area contributed by atoms with Gasteiger partial charge >= 0.3 is 12.4 Å². The molecule has 8 heteroatoms. The van der Waals surface area contributed by atoms with Gasteiger partial charge in [-0.05, 0) is 6.42 Å². The van der Waals surface area contributed by atoms with E-state index in [4.69, 9.17) is 5.73 Å². The number of rotatable bonds is 5. The molecule has 1 atom stereocenters. The summed E-state index contributed by atoms with van der Waals surface area (Å²) in [5, 5.41) is 0. The summed E-state index contributed by atoms with van der Waals surface area (Å²) < 4.78 is 73.8. The summed E-state index contributed by atoms with van der Waals surface area (Å²) in [5.74, 6) is 0. The minimum atomic E-state index is -4.46. The Hall–Kier alpha value is -0.500. The van der Waals surface area contributed by atoms with Gasteiger partial charge in [-0.2, -0.15) is 26.3 Å². The molecule has 92 valence electrons. The fourth-order valence-electron chi connectivity index (χ4n) is 0.822. The monoisotopic (exact) mass is 239 g/mol. The van der Waals surface area contributed by atoms with Crippen LogP contribution in [0.1, 0.15) is 12.8 Å². The van der Waals surface area contributed by atoms with Gasteiger partial charge in [0.05, 0.1) is 6.42 Å². The van der Waals surface area contributed by atoms with E-state index in [1.165, 1.54) is 0 Å². The molecule has 0 aliphatic carbocycles. The first-order valence-electron chi connectivity index (χ1n) is 4.07. The van der Waals surface area contributed by atoms with Crippen molar-refractivity contribution in [3.8, 4) is 0 Å². The highest BCUT2D eigenvalue weighted by Crippen LogP contribution is 2.22. The number of hydrogen-bond donors (Lipinski definition) is 1. The smallest absolute Gasteiger partial charge is 0.372 e. The fraction of sp³-hybridized carbons (Fsp3) is 1.00. The van der Waals surface area contributed by atoms with Gasteiger partial charge < -0.3 is 10.5 Å². The van der Waals surface area contributed by atoms with Crippen molar-refractivity contribution in [2.24, 2.45) is 5.73 Å². The Morgan fingerprint density at radius 2 is 1.53 bits per heavy atom. The summed E-state index contributed by atoms with van der Waals surface area (Å²) in [6.07, 6.45) is -10.3. The van der Waals surface area contributed by atoms with Crippen LogP contribution in [0.25, 0.3) is 0 Å². The van der Waals surface area contributed by atoms with Crippen LogP contribution in [-0.2, 0) is 4.74 Å². The van der Waals surface area contributed by atoms with E-state index < -0.39 is 38.0 Å². The van der Waals surface area contributed by atoms with E-state index in [1.807, 2.05) is 0 Å². The normalized spacial score (nSPS) is 15.4. The van der Waals surface area contributed by atoms with Crippen LogP contribution in [0.5, 0.6) is 0 Å². The molecule has 0 fully saturated rings. The van der Waals surface area contributed by atoms with Crippen molar-refractivity contribution in [1.82, 2.24) is 0 Å². The average molecular weight is 239 g/mol. The van der Waals surface area contributed by atoms with Crippen molar-refractivity contribution in [2.45, 2.75) is 31.2 Å². The molecule has 0 saturated carbocycles. The number of hydrogen-bond acceptors (Lipinski definition) is 2. The molecule has 2 N–H and O–H groups in total. The minimum Gasteiger partial charge on any atom is -0.372 e. The molecule has 0 aliphatic rings. The lowest BCUT2D eigenvalue weighted by molar-refractivity contribution is -0.175. The van der Waals surface area contributed by atoms with E-state index in [1.54, 1.807) is 0 Å². The first-order valence-corrected chi connectivity index (χ1v) is 4.07. The predicted molar refractivity (Wildman–Crippen MR) is 40.1 cm³/mol. The van der Waals surface area contributed by atoms with Crippen LogP contribution in [0.2, 0.25) is 0 Å². The van der Waals surface area contributed by atoms with E-state index in [2.05, 4.69) is 4.74 Å². The first-order chi connectivity index (χ1) is 6.60. The van der Waals surface area contributed by atoms with Crippen LogP contribution in [0, 0.1) is 0 Å². The zero-order valence-corrected chi connectivity index (χ0v) is 7.66. The zero-order valence-electron chi connectivity index (χ0n) is 7.66. The van der Waals surface area contributed by atoms with Crippen LogP contribution in [0.15, 0.2) is 0 Å². The van der Waals surface area contributed by atoms with E-state index in [0.29, 0.717) is 0 Å². The molecule has 0 aromatic heterocycles. The third-order valence-electron chi connectivity index (χ3n) is 1.39. The van der Waals surface area contributed by atoms with Gasteiger partial charge in [0.1, 0.15) is 6.61 Å². The second-order valence-electron chi connectivity index (χ2n) is 3.04. The van der Waals surface area contributed by atoms with Gasteiger partial charge in [-0.3, -0.25) is 0 Å². The van der Waals surface area contributed by atoms with Crippen molar-refractivity contribution in [1.29, 1.82) is 0 Å². The van der Waals surface area contributed by atoms with Crippen LogP contribution in [-0.4, -0.2) is 31.6 Å². The van der Waals surface area contributed by atoms with E-state index in [0.717, 1.165) is 0 Å². The molecule has 0 aliphatic heterocycles. The Kier molecular flexibility index (Phi) is 5.36. The van der Waals surface area contributed by atoms with Crippen LogP contribution >= 0.6 is 0 Å². The lowest BCUT2D eigenvalue weighted by atomic mass is 10.1. The number of ether oxygens (including phenoxy) is 1. The van der Waals surface area contributed by atoms with Crippen molar-refractivity contribution in [2.75, 3.05) is 13.2 Å². The van der Waals surface area contributed by atoms with Crippen molar-refractivity contribution < 1.29 is 31.1 Å². The highest BCUT2D eigenvalue weighted by Gasteiger charge is 2.30. The zero-order chi connectivity index (χ0) is 12.1. The van der Waals surface area contributed by atoms with Gasteiger partial charge in [-0.1, -0.05) is 0 Å². The maximum Gasteiger partial charge on any atom is 0.411 e. The quantitative estimate of drug-likeness (QED) is 0.589. The number of nitrogens with two attached hydrogens (primary N) is 1. The minimum absolute atomic E-state index is 0.254. The van der Waals surface area contributed by atoms with Gasteiger partial charge in [0.15, 0.2) is 0 Å². The molecule has 0 aromatic rings. The van der Waals surface area contributed by atoms with E-state index in [9.17, 15) is 26.3 Å². The van der Waals surface area contributed by atoms with Crippen LogP contribution in [0.4, 0.5) is 26.3 Å². The fourth-order valence-corrected chi connectivity index (χ4v) is 0.822. The first kappa shape index (κ1) is 14.5. The maximum atomic E-state index is 11.7. The largest absolute Gasteiger partial charge is 0.411 e. The molecular formula is C7H11F6NO. The SMILES string of the molecule is NC(CCOCC(F)(F)F)CC(F)(F)F. The molecule has 2 nitrogen and oxygen atoms in total. The summed E-state index contributed by atoms with van der Waals surface area (Å²) >= 11 is 0. The Balaban J connectivity index is 3.52. The Morgan fingerprint density at radius 3 is 1.93 bits per heavy atom. The molecule has 0 saturated heterocycles. The molecule has 0 rings (SSSR count). The summed E-state index contributed by atoms with van der Waals surface area (Å²) in [4.78, 5) is 0. The molecule has 15 heavy (non-hydrogen) atoms. The van der Waals surface area contributed by atoms with Gasteiger partial charge in [0.2, 0.25) is 0 Å². The van der Waals surface area contributed by atoms with Gasteiger partial charge in [-0.25, -0.2) is 0 Å². The van der Waals surface area contributed by atoms with E-state index in [-0.39, 0.29) is 6.42 Å². The maximum absolute atomic E-state index is 11.7. The number of alkyl halides is 6. The summed E-state index contributed by atoms with van der Waals surface area (Å²) in [7, 11) is 0. The summed E-state index contributed by atoms with van der Waals surface area (Å²) in [5.41, 5.74) is 5.03. The lowest BCUT2D eigenvalue weighted by Gasteiger charge is -2.14. The third kappa shape index (κ3) is 11.4. The molecule has 0 bridgehead atoms. The molecule has 0 radical (unpaired) electrons. The Morgan fingerprint density at radius 1 is 1.00 bits per heavy atom. The van der Waals surface area contributed by atoms with Gasteiger partial charge in [-0.15, -0.1) is 0 Å². The van der Waals surface area contributed by atoms with Gasteiger partial charge in [0.25, 0.3) is 0 Å². The second-order valence-corrected chi connectivity index (χ2v) is 3.04. The molecule has 0 aromatic carbocycles. The Bertz CT molecular complexity index is 177. The van der Waals surface area contributed by atoms with Crippen molar-refractivity contribution in [3.63, 3.8) is 0 Å². The van der Waals surface area contributed by atoms with Crippen LogP contribution < -0.4 is 5.73 Å². The molecule has 0 heterocycles. The highest BCUT2D eigenvalue weighted by molar-refractivity contribution is 4.66. The molecule has 0 spiro atoms.